The van der Waals surface area contributed by atoms with Crippen molar-refractivity contribution >= 4 is 44.0 Å². The third-order valence-corrected chi connectivity index (χ3v) is 3.84. The van der Waals surface area contributed by atoms with Gasteiger partial charge in [0.15, 0.2) is 0 Å². The fourth-order valence-electron chi connectivity index (χ4n) is 2.23. The molecular formula is C15H12BrN3S. The first-order valence-electron chi connectivity index (χ1n) is 6.11. The van der Waals surface area contributed by atoms with E-state index in [0.717, 1.165) is 33.0 Å². The quantitative estimate of drug-likeness (QED) is 0.739. The summed E-state index contributed by atoms with van der Waals surface area (Å²) in [7, 11) is 0. The molecule has 0 radical (unpaired) electrons. The van der Waals surface area contributed by atoms with Gasteiger partial charge in [0.2, 0.25) is 0 Å². The van der Waals surface area contributed by atoms with Gasteiger partial charge in [-0.3, -0.25) is 4.98 Å². The van der Waals surface area contributed by atoms with Gasteiger partial charge in [-0.15, -0.1) is 0 Å². The fourth-order valence-corrected chi connectivity index (χ4v) is 2.77. The third kappa shape index (κ3) is 2.59. The normalized spacial score (nSPS) is 10.8. The Balaban J connectivity index is 1.98. The lowest BCUT2D eigenvalue weighted by Crippen LogP contribution is -2.08. The summed E-state index contributed by atoms with van der Waals surface area (Å²) in [6.07, 6.45) is 5.72. The van der Waals surface area contributed by atoms with Crippen LogP contribution >= 0.6 is 28.1 Å². The number of hydrogen-bond donors (Lipinski definition) is 1. The maximum absolute atomic E-state index is 5.66. The van der Waals surface area contributed by atoms with Gasteiger partial charge in [-0.2, -0.15) is 0 Å². The van der Waals surface area contributed by atoms with Gasteiger partial charge in [-0.05, 0) is 51.8 Å². The highest BCUT2D eigenvalue weighted by Crippen LogP contribution is 2.20. The number of nitrogens with zero attached hydrogens (tertiary/aromatic N) is 2. The summed E-state index contributed by atoms with van der Waals surface area (Å²) >= 11 is 8.45. The number of pyridine rings is 1. The number of halogens is 1. The molecule has 0 fully saturated rings. The zero-order valence-electron chi connectivity index (χ0n) is 10.6. The number of thiocarbonyl (C=S) groups is 1. The monoisotopic (exact) mass is 345 g/mol. The summed E-state index contributed by atoms with van der Waals surface area (Å²) in [6.45, 7) is 0.780. The molecule has 2 heterocycles. The maximum atomic E-state index is 5.66. The first-order valence-corrected chi connectivity index (χ1v) is 7.32. The Morgan fingerprint density at radius 3 is 2.85 bits per heavy atom. The van der Waals surface area contributed by atoms with Crippen molar-refractivity contribution in [1.82, 2.24) is 9.55 Å². The van der Waals surface area contributed by atoms with Crippen LogP contribution in [-0.2, 0) is 6.54 Å². The molecule has 1 aromatic carbocycles. The highest BCUT2D eigenvalue weighted by Gasteiger charge is 2.05. The van der Waals surface area contributed by atoms with Gasteiger partial charge in [0, 0.05) is 46.1 Å². The van der Waals surface area contributed by atoms with E-state index in [4.69, 9.17) is 18.0 Å². The van der Waals surface area contributed by atoms with Crippen LogP contribution in [0.1, 0.15) is 11.1 Å². The van der Waals surface area contributed by atoms with Crippen LogP contribution in [0.25, 0.3) is 10.9 Å². The molecule has 2 aromatic heterocycles. The Morgan fingerprint density at radius 2 is 2.10 bits per heavy atom. The molecule has 100 valence electrons. The largest absolute Gasteiger partial charge is 0.389 e. The molecule has 0 atom stereocenters. The summed E-state index contributed by atoms with van der Waals surface area (Å²) < 4.78 is 3.17. The fraction of sp³-hybridized carbons (Fsp3) is 0.0667. The molecule has 0 spiro atoms. The molecule has 0 aliphatic carbocycles. The highest BCUT2D eigenvalue weighted by atomic mass is 79.9. The molecule has 3 aromatic rings. The van der Waals surface area contributed by atoms with E-state index in [-0.39, 0.29) is 0 Å². The summed E-state index contributed by atoms with van der Waals surface area (Å²) in [4.78, 5) is 4.61. The van der Waals surface area contributed by atoms with Gasteiger partial charge in [-0.1, -0.05) is 12.2 Å². The summed E-state index contributed by atoms with van der Waals surface area (Å²) in [5.74, 6) is 0. The van der Waals surface area contributed by atoms with Gasteiger partial charge >= 0.3 is 0 Å². The zero-order chi connectivity index (χ0) is 14.1. The minimum atomic E-state index is 0.427. The SMILES string of the molecule is NC(=S)c1ccc2c(ccn2Cc2cncc(Br)c2)c1. The minimum Gasteiger partial charge on any atom is -0.389 e. The lowest BCUT2D eigenvalue weighted by atomic mass is 10.1. The number of benzene rings is 1. The van der Waals surface area contributed by atoms with E-state index in [9.17, 15) is 0 Å². The van der Waals surface area contributed by atoms with Crippen LogP contribution in [0.5, 0.6) is 0 Å². The van der Waals surface area contributed by atoms with Gasteiger partial charge in [0.25, 0.3) is 0 Å². The van der Waals surface area contributed by atoms with E-state index in [2.05, 4.69) is 49.9 Å². The number of hydrogen-bond acceptors (Lipinski definition) is 2. The third-order valence-electron chi connectivity index (χ3n) is 3.17. The molecule has 20 heavy (non-hydrogen) atoms. The van der Waals surface area contributed by atoms with E-state index in [1.807, 2.05) is 18.3 Å². The van der Waals surface area contributed by atoms with Crippen molar-refractivity contribution in [1.29, 1.82) is 0 Å². The minimum absolute atomic E-state index is 0.427. The van der Waals surface area contributed by atoms with Crippen molar-refractivity contribution in [2.75, 3.05) is 0 Å². The van der Waals surface area contributed by atoms with Crippen molar-refractivity contribution in [2.24, 2.45) is 5.73 Å². The van der Waals surface area contributed by atoms with E-state index in [1.54, 1.807) is 6.20 Å². The molecule has 0 bridgehead atoms. The number of aromatic nitrogens is 2. The Hall–Kier alpha value is -1.72. The first-order chi connectivity index (χ1) is 9.63. The number of fused-ring (bicyclic) bond motifs is 1. The molecule has 0 saturated heterocycles. The Morgan fingerprint density at radius 1 is 1.25 bits per heavy atom. The van der Waals surface area contributed by atoms with Crippen molar-refractivity contribution in [3.63, 3.8) is 0 Å². The van der Waals surface area contributed by atoms with Crippen molar-refractivity contribution in [2.45, 2.75) is 6.54 Å². The van der Waals surface area contributed by atoms with Crippen LogP contribution in [0.2, 0.25) is 0 Å². The number of nitrogens with two attached hydrogens (primary N) is 1. The molecule has 0 unspecified atom stereocenters. The van der Waals surface area contributed by atoms with E-state index >= 15 is 0 Å². The van der Waals surface area contributed by atoms with Crippen LogP contribution < -0.4 is 5.73 Å². The molecule has 2 N–H and O–H groups in total. The summed E-state index contributed by atoms with van der Waals surface area (Å²) in [5.41, 5.74) is 8.87. The van der Waals surface area contributed by atoms with E-state index in [0.29, 0.717) is 4.99 Å². The average molecular weight is 346 g/mol. The van der Waals surface area contributed by atoms with Crippen LogP contribution in [0.4, 0.5) is 0 Å². The zero-order valence-corrected chi connectivity index (χ0v) is 13.0. The average Bonchev–Trinajstić information content (AvgIpc) is 2.81. The molecular weight excluding hydrogens is 334 g/mol. The van der Waals surface area contributed by atoms with E-state index in [1.165, 1.54) is 0 Å². The Bertz CT molecular complexity index is 795. The van der Waals surface area contributed by atoms with Crippen molar-refractivity contribution < 1.29 is 0 Å². The molecule has 3 rings (SSSR count). The number of rotatable bonds is 3. The highest BCUT2D eigenvalue weighted by molar-refractivity contribution is 9.10. The van der Waals surface area contributed by atoms with Crippen LogP contribution in [0.15, 0.2) is 53.4 Å². The van der Waals surface area contributed by atoms with Crippen LogP contribution in [0.3, 0.4) is 0 Å². The summed E-state index contributed by atoms with van der Waals surface area (Å²) in [6, 6.07) is 10.2. The lowest BCUT2D eigenvalue weighted by molar-refractivity contribution is 0.831. The molecule has 0 aliphatic rings. The first kappa shape index (κ1) is 13.3. The van der Waals surface area contributed by atoms with Crippen LogP contribution in [0, 0.1) is 0 Å². The summed E-state index contributed by atoms with van der Waals surface area (Å²) in [5, 5.41) is 1.14. The lowest BCUT2D eigenvalue weighted by Gasteiger charge is -2.06. The molecule has 0 amide bonds. The van der Waals surface area contributed by atoms with Gasteiger partial charge < -0.3 is 10.3 Å². The van der Waals surface area contributed by atoms with Crippen LogP contribution in [-0.4, -0.2) is 14.5 Å². The molecule has 3 nitrogen and oxygen atoms in total. The second kappa shape index (κ2) is 5.34. The Kier molecular flexibility index (Phi) is 3.54. The molecule has 0 aliphatic heterocycles. The topological polar surface area (TPSA) is 43.8 Å². The standard InChI is InChI=1S/C15H12BrN3S/c16-13-5-10(7-18-8-13)9-19-4-3-11-6-12(15(17)20)1-2-14(11)19/h1-8H,9H2,(H2,17,20). The van der Waals surface area contributed by atoms with Gasteiger partial charge in [-0.25, -0.2) is 0 Å². The Labute approximate surface area is 130 Å². The van der Waals surface area contributed by atoms with Gasteiger partial charge in [0.1, 0.15) is 4.99 Å². The van der Waals surface area contributed by atoms with E-state index < -0.39 is 0 Å². The predicted octanol–water partition coefficient (Wildman–Crippen LogP) is 3.48. The second-order valence-electron chi connectivity index (χ2n) is 4.59. The van der Waals surface area contributed by atoms with Crippen molar-refractivity contribution in [3.05, 3.63) is 64.5 Å². The van der Waals surface area contributed by atoms with Crippen molar-refractivity contribution in [3.8, 4) is 0 Å². The predicted molar refractivity (Wildman–Crippen MR) is 88.9 cm³/mol. The maximum Gasteiger partial charge on any atom is 0.104 e. The molecule has 5 heteroatoms. The molecule has 0 saturated carbocycles. The second-order valence-corrected chi connectivity index (χ2v) is 5.95. The smallest absolute Gasteiger partial charge is 0.104 e. The van der Waals surface area contributed by atoms with Gasteiger partial charge in [0.05, 0.1) is 0 Å².